The molecule has 0 radical (unpaired) electrons. The predicted octanol–water partition coefficient (Wildman–Crippen LogP) is 14.6. The SMILES string of the molecule is c1ccc(-c2cc(-c3ccccc3)nc(-c3ccc(-c4c(-c5ccc(-c6cccc7oc(-c8cccc9ccccc89)nc67)cc5)ccc5ccccc45)cc3)n2)cc1. The van der Waals surface area contributed by atoms with Crippen molar-refractivity contribution in [2.45, 2.75) is 0 Å². The van der Waals surface area contributed by atoms with Crippen molar-refractivity contribution in [2.24, 2.45) is 0 Å². The fraction of sp³-hybridized carbons (Fsp3) is 0. The minimum Gasteiger partial charge on any atom is -0.436 e. The van der Waals surface area contributed by atoms with Crippen LogP contribution in [-0.4, -0.2) is 15.0 Å². The summed E-state index contributed by atoms with van der Waals surface area (Å²) in [5.74, 6) is 1.32. The largest absolute Gasteiger partial charge is 0.436 e. The topological polar surface area (TPSA) is 51.8 Å². The zero-order chi connectivity index (χ0) is 39.1. The maximum atomic E-state index is 6.39. The Balaban J connectivity index is 0.971. The summed E-state index contributed by atoms with van der Waals surface area (Å²) in [5.41, 5.74) is 14.2. The Kier molecular flexibility index (Phi) is 8.45. The number of hydrogen-bond acceptors (Lipinski definition) is 4. The molecule has 2 aromatic heterocycles. The molecule has 0 amide bonds. The van der Waals surface area contributed by atoms with Crippen LogP contribution in [0.1, 0.15) is 0 Å². The quantitative estimate of drug-likeness (QED) is 0.163. The molecule has 11 aromatic rings. The molecular formula is C55H35N3O. The van der Waals surface area contributed by atoms with Crippen LogP contribution in [0.2, 0.25) is 0 Å². The molecule has 0 fully saturated rings. The fourth-order valence-electron chi connectivity index (χ4n) is 8.24. The van der Waals surface area contributed by atoms with Crippen molar-refractivity contribution in [3.05, 3.63) is 212 Å². The van der Waals surface area contributed by atoms with Crippen molar-refractivity contribution in [1.29, 1.82) is 0 Å². The summed E-state index contributed by atoms with van der Waals surface area (Å²) in [5, 5.41) is 4.67. The van der Waals surface area contributed by atoms with Crippen molar-refractivity contribution >= 4 is 32.6 Å². The average molecular weight is 754 g/mol. The van der Waals surface area contributed by atoms with E-state index in [1.165, 1.54) is 16.3 Å². The van der Waals surface area contributed by atoms with Gasteiger partial charge >= 0.3 is 0 Å². The van der Waals surface area contributed by atoms with Gasteiger partial charge in [-0.15, -0.1) is 0 Å². The molecule has 59 heavy (non-hydrogen) atoms. The maximum Gasteiger partial charge on any atom is 0.227 e. The molecule has 0 aliphatic rings. The van der Waals surface area contributed by atoms with Gasteiger partial charge in [-0.1, -0.05) is 194 Å². The number of benzene rings is 9. The maximum absolute atomic E-state index is 6.39. The number of rotatable bonds is 7. The van der Waals surface area contributed by atoms with Crippen LogP contribution >= 0.6 is 0 Å². The minimum absolute atomic E-state index is 0.625. The van der Waals surface area contributed by atoms with E-state index in [0.717, 1.165) is 83.3 Å². The van der Waals surface area contributed by atoms with Gasteiger partial charge in [0.05, 0.1) is 11.4 Å². The first-order chi connectivity index (χ1) is 29.2. The summed E-state index contributed by atoms with van der Waals surface area (Å²) in [7, 11) is 0. The van der Waals surface area contributed by atoms with E-state index in [9.17, 15) is 0 Å². The number of oxazole rings is 1. The molecule has 0 unspecified atom stereocenters. The highest BCUT2D eigenvalue weighted by Gasteiger charge is 2.17. The number of hydrogen-bond donors (Lipinski definition) is 0. The first kappa shape index (κ1) is 34.3. The number of para-hydroxylation sites is 1. The van der Waals surface area contributed by atoms with Crippen LogP contribution in [0, 0.1) is 0 Å². The molecule has 276 valence electrons. The highest BCUT2D eigenvalue weighted by Crippen LogP contribution is 2.41. The van der Waals surface area contributed by atoms with Gasteiger partial charge in [0.2, 0.25) is 5.89 Å². The van der Waals surface area contributed by atoms with E-state index in [2.05, 4.69) is 164 Å². The Labute approximate surface area is 341 Å². The van der Waals surface area contributed by atoms with Crippen LogP contribution in [0.15, 0.2) is 217 Å². The van der Waals surface area contributed by atoms with Gasteiger partial charge in [-0.05, 0) is 67.6 Å². The molecule has 2 heterocycles. The molecule has 0 N–H and O–H groups in total. The van der Waals surface area contributed by atoms with Crippen molar-refractivity contribution in [1.82, 2.24) is 15.0 Å². The van der Waals surface area contributed by atoms with Gasteiger partial charge < -0.3 is 4.42 Å². The van der Waals surface area contributed by atoms with Gasteiger partial charge in [0, 0.05) is 27.8 Å². The summed E-state index contributed by atoms with van der Waals surface area (Å²) in [6.07, 6.45) is 0. The van der Waals surface area contributed by atoms with Crippen LogP contribution < -0.4 is 0 Å². The summed E-state index contributed by atoms with van der Waals surface area (Å²) >= 11 is 0. The first-order valence-corrected chi connectivity index (χ1v) is 19.8. The van der Waals surface area contributed by atoms with E-state index >= 15 is 0 Å². The van der Waals surface area contributed by atoms with Crippen molar-refractivity contribution in [3.8, 4) is 78.7 Å². The molecule has 4 heteroatoms. The highest BCUT2D eigenvalue weighted by molar-refractivity contribution is 6.05. The Morgan fingerprint density at radius 2 is 0.847 bits per heavy atom. The molecule has 0 aliphatic heterocycles. The van der Waals surface area contributed by atoms with E-state index in [0.29, 0.717) is 11.7 Å². The monoisotopic (exact) mass is 753 g/mol. The molecule has 0 aliphatic carbocycles. The van der Waals surface area contributed by atoms with Crippen LogP contribution in [0.3, 0.4) is 0 Å². The second-order valence-corrected chi connectivity index (χ2v) is 14.8. The van der Waals surface area contributed by atoms with Crippen LogP contribution in [0.5, 0.6) is 0 Å². The molecular weight excluding hydrogens is 719 g/mol. The first-order valence-electron chi connectivity index (χ1n) is 19.8. The third-order valence-corrected chi connectivity index (χ3v) is 11.2. The molecule has 9 aromatic carbocycles. The summed E-state index contributed by atoms with van der Waals surface area (Å²) in [6.45, 7) is 0. The Hall–Kier alpha value is -7.95. The van der Waals surface area contributed by atoms with Crippen LogP contribution in [0.25, 0.3) is 111 Å². The molecule has 0 saturated heterocycles. The Morgan fingerprint density at radius 1 is 0.322 bits per heavy atom. The Morgan fingerprint density at radius 3 is 1.54 bits per heavy atom. The van der Waals surface area contributed by atoms with E-state index in [1.54, 1.807) is 0 Å². The normalized spacial score (nSPS) is 11.4. The van der Waals surface area contributed by atoms with Gasteiger partial charge in [0.25, 0.3) is 0 Å². The van der Waals surface area contributed by atoms with Gasteiger partial charge in [-0.25, -0.2) is 15.0 Å². The number of nitrogens with zero attached hydrogens (tertiary/aromatic N) is 3. The number of aromatic nitrogens is 3. The van der Waals surface area contributed by atoms with E-state index < -0.39 is 0 Å². The third-order valence-electron chi connectivity index (χ3n) is 11.2. The van der Waals surface area contributed by atoms with Crippen LogP contribution in [-0.2, 0) is 0 Å². The summed E-state index contributed by atoms with van der Waals surface area (Å²) < 4.78 is 6.39. The lowest BCUT2D eigenvalue weighted by Crippen LogP contribution is -1.96. The fourth-order valence-corrected chi connectivity index (χ4v) is 8.24. The second-order valence-electron chi connectivity index (χ2n) is 14.8. The summed E-state index contributed by atoms with van der Waals surface area (Å²) in [6, 6.07) is 74.0. The van der Waals surface area contributed by atoms with Gasteiger partial charge in [0.15, 0.2) is 11.4 Å². The van der Waals surface area contributed by atoms with E-state index in [4.69, 9.17) is 19.4 Å². The van der Waals surface area contributed by atoms with E-state index in [-0.39, 0.29) is 0 Å². The lowest BCUT2D eigenvalue weighted by Gasteiger charge is -2.15. The minimum atomic E-state index is 0.625. The predicted molar refractivity (Wildman–Crippen MR) is 243 cm³/mol. The van der Waals surface area contributed by atoms with Gasteiger partial charge in [-0.2, -0.15) is 0 Å². The molecule has 0 saturated carbocycles. The summed E-state index contributed by atoms with van der Waals surface area (Å²) in [4.78, 5) is 15.2. The highest BCUT2D eigenvalue weighted by atomic mass is 16.3. The molecule has 11 rings (SSSR count). The van der Waals surface area contributed by atoms with Crippen molar-refractivity contribution in [2.75, 3.05) is 0 Å². The van der Waals surface area contributed by atoms with Gasteiger partial charge in [-0.3, -0.25) is 0 Å². The van der Waals surface area contributed by atoms with Crippen molar-refractivity contribution < 1.29 is 4.42 Å². The van der Waals surface area contributed by atoms with Crippen LogP contribution in [0.4, 0.5) is 0 Å². The smallest absolute Gasteiger partial charge is 0.227 e. The lowest BCUT2D eigenvalue weighted by molar-refractivity contribution is 0.620. The number of fused-ring (bicyclic) bond motifs is 3. The third kappa shape index (κ3) is 6.34. The molecule has 0 bridgehead atoms. The molecule has 0 spiro atoms. The van der Waals surface area contributed by atoms with E-state index in [1.807, 2.05) is 48.5 Å². The molecule has 0 atom stereocenters. The standard InChI is InChI=1S/C55H35N3O/c1-3-15-40(16-4-1)49-35-50(41-17-5-2-6-18-41)57-54(56-49)43-31-29-42(30-32-43)52-45-21-10-8-14-37(45)33-34-46(52)38-25-27-39(28-26-38)47-22-12-24-51-53(47)58-55(59-51)48-23-11-19-36-13-7-9-20-44(36)48/h1-35H. The lowest BCUT2D eigenvalue weighted by atomic mass is 9.89. The molecule has 4 nitrogen and oxygen atoms in total. The van der Waals surface area contributed by atoms with Crippen molar-refractivity contribution in [3.63, 3.8) is 0 Å². The zero-order valence-electron chi connectivity index (χ0n) is 32.0. The Bertz CT molecular complexity index is 3240. The average Bonchev–Trinajstić information content (AvgIpc) is 3.76. The van der Waals surface area contributed by atoms with Gasteiger partial charge in [0.1, 0.15) is 5.52 Å². The second kappa shape index (κ2) is 14.5. The zero-order valence-corrected chi connectivity index (χ0v) is 32.0.